The van der Waals surface area contributed by atoms with Crippen molar-refractivity contribution in [3.8, 4) is 11.1 Å². The van der Waals surface area contributed by atoms with Crippen LogP contribution in [0.1, 0.15) is 44.2 Å². The van der Waals surface area contributed by atoms with Gasteiger partial charge >= 0.3 is 6.09 Å². The number of carbonyl (C=O) groups excluding carboxylic acids is 1. The van der Waals surface area contributed by atoms with Gasteiger partial charge in [0.25, 0.3) is 0 Å². The molecule has 1 aliphatic rings. The third-order valence-corrected chi connectivity index (χ3v) is 6.27. The van der Waals surface area contributed by atoms with Crippen molar-refractivity contribution in [2.24, 2.45) is 5.41 Å². The molecule has 2 N–H and O–H groups in total. The molecule has 156 valence electrons. The summed E-state index contributed by atoms with van der Waals surface area (Å²) in [5.74, 6) is 0.0333. The normalized spacial score (nSPS) is 15.3. The molecule has 0 bridgehead atoms. The Morgan fingerprint density at radius 1 is 1.03 bits per heavy atom. The maximum absolute atomic E-state index is 12.4. The van der Waals surface area contributed by atoms with E-state index in [-0.39, 0.29) is 12.5 Å². The summed E-state index contributed by atoms with van der Waals surface area (Å²) in [4.78, 5) is 12.4. The van der Waals surface area contributed by atoms with E-state index in [0.717, 1.165) is 0 Å². The number of ether oxygens (including phenoxy) is 2. The van der Waals surface area contributed by atoms with Crippen molar-refractivity contribution in [3.63, 3.8) is 0 Å². The summed E-state index contributed by atoms with van der Waals surface area (Å²) in [7, 11) is 1.61. The highest BCUT2D eigenvalue weighted by Crippen LogP contribution is 2.44. The van der Waals surface area contributed by atoms with E-state index >= 15 is 0 Å². The molecular formula is C24H31NO4. The Morgan fingerprint density at radius 3 is 2.14 bits per heavy atom. The first kappa shape index (κ1) is 21.3. The van der Waals surface area contributed by atoms with Crippen molar-refractivity contribution in [2.45, 2.75) is 38.7 Å². The number of fused-ring (bicyclic) bond motifs is 3. The molecule has 3 rings (SSSR count). The number of benzene rings is 2. The maximum atomic E-state index is 12.4. The van der Waals surface area contributed by atoms with Gasteiger partial charge in [-0.2, -0.15) is 0 Å². The van der Waals surface area contributed by atoms with Gasteiger partial charge in [-0.25, -0.2) is 4.79 Å². The van der Waals surface area contributed by atoms with Crippen molar-refractivity contribution in [2.75, 3.05) is 26.9 Å². The molecule has 0 heterocycles. The molecule has 1 aliphatic carbocycles. The number of hydrogen-bond acceptors (Lipinski definition) is 4. The topological polar surface area (TPSA) is 67.8 Å². The summed E-state index contributed by atoms with van der Waals surface area (Å²) >= 11 is 0. The van der Waals surface area contributed by atoms with Crippen LogP contribution in [-0.2, 0) is 9.47 Å². The first-order chi connectivity index (χ1) is 13.8. The Bertz CT molecular complexity index is 814. The summed E-state index contributed by atoms with van der Waals surface area (Å²) < 4.78 is 10.7. The van der Waals surface area contributed by atoms with Crippen molar-refractivity contribution in [3.05, 3.63) is 59.7 Å². The predicted molar refractivity (Wildman–Crippen MR) is 114 cm³/mol. The highest BCUT2D eigenvalue weighted by atomic mass is 16.5. The number of nitrogens with one attached hydrogen (secondary N) is 1. The summed E-state index contributed by atoms with van der Waals surface area (Å²) in [6.45, 7) is 6.66. The van der Waals surface area contributed by atoms with Gasteiger partial charge in [-0.3, -0.25) is 0 Å². The monoisotopic (exact) mass is 397 g/mol. The van der Waals surface area contributed by atoms with E-state index in [1.54, 1.807) is 14.0 Å². The Kier molecular flexibility index (Phi) is 6.30. The molecule has 0 radical (unpaired) electrons. The zero-order chi connectivity index (χ0) is 21.1. The van der Waals surface area contributed by atoms with Gasteiger partial charge in [-0.15, -0.1) is 0 Å². The summed E-state index contributed by atoms with van der Waals surface area (Å²) in [6.07, 6.45) is 0.0190. The number of rotatable bonds is 8. The van der Waals surface area contributed by atoms with E-state index in [9.17, 15) is 9.90 Å². The molecule has 0 saturated heterocycles. The Morgan fingerprint density at radius 2 is 1.59 bits per heavy atom. The van der Waals surface area contributed by atoms with Gasteiger partial charge < -0.3 is 19.9 Å². The number of aliphatic hydroxyl groups is 1. The molecule has 1 amide bonds. The summed E-state index contributed by atoms with van der Waals surface area (Å²) in [5, 5.41) is 13.6. The molecule has 0 saturated carbocycles. The van der Waals surface area contributed by atoms with Crippen molar-refractivity contribution in [1.82, 2.24) is 5.32 Å². The lowest BCUT2D eigenvalue weighted by Gasteiger charge is -2.40. The molecule has 29 heavy (non-hydrogen) atoms. The summed E-state index contributed by atoms with van der Waals surface area (Å²) in [6, 6.07) is 16.5. The van der Waals surface area contributed by atoms with Crippen LogP contribution in [0.2, 0.25) is 0 Å². The molecule has 0 aliphatic heterocycles. The first-order valence-electron chi connectivity index (χ1n) is 10.1. The van der Waals surface area contributed by atoms with Crippen LogP contribution >= 0.6 is 0 Å². The van der Waals surface area contributed by atoms with Crippen LogP contribution in [0.3, 0.4) is 0 Å². The van der Waals surface area contributed by atoms with E-state index in [2.05, 4.69) is 29.6 Å². The lowest BCUT2D eigenvalue weighted by Crippen LogP contribution is -2.49. The third-order valence-electron chi connectivity index (χ3n) is 6.27. The predicted octanol–water partition coefficient (Wildman–Crippen LogP) is 4.34. The van der Waals surface area contributed by atoms with Crippen LogP contribution in [0.25, 0.3) is 11.1 Å². The first-order valence-corrected chi connectivity index (χ1v) is 10.1. The molecule has 0 spiro atoms. The van der Waals surface area contributed by atoms with Crippen LogP contribution in [0.4, 0.5) is 4.79 Å². The molecule has 1 atom stereocenters. The fourth-order valence-electron chi connectivity index (χ4n) is 3.77. The van der Waals surface area contributed by atoms with E-state index in [1.165, 1.54) is 22.3 Å². The van der Waals surface area contributed by atoms with Gasteiger partial charge in [0.05, 0.1) is 5.60 Å². The largest absolute Gasteiger partial charge is 0.449 e. The van der Waals surface area contributed by atoms with Crippen molar-refractivity contribution >= 4 is 6.09 Å². The average Bonchev–Trinajstić information content (AvgIpc) is 3.03. The molecule has 5 nitrogen and oxygen atoms in total. The average molecular weight is 398 g/mol. The second-order valence-corrected chi connectivity index (χ2v) is 8.58. The van der Waals surface area contributed by atoms with Gasteiger partial charge in [0.2, 0.25) is 0 Å². The van der Waals surface area contributed by atoms with Crippen LogP contribution in [0, 0.1) is 5.41 Å². The Balaban J connectivity index is 1.60. The van der Waals surface area contributed by atoms with Gasteiger partial charge in [-0.05, 0) is 35.6 Å². The molecule has 5 heteroatoms. The van der Waals surface area contributed by atoms with Crippen LogP contribution in [0.15, 0.2) is 48.5 Å². The van der Waals surface area contributed by atoms with E-state index in [0.29, 0.717) is 19.6 Å². The molecular weight excluding hydrogens is 366 g/mol. The zero-order valence-electron chi connectivity index (χ0n) is 17.7. The number of hydrogen-bond donors (Lipinski definition) is 2. The maximum Gasteiger partial charge on any atom is 0.407 e. The quantitative estimate of drug-likeness (QED) is 0.695. The minimum absolute atomic E-state index is 0.0333. The van der Waals surface area contributed by atoms with Crippen molar-refractivity contribution in [1.29, 1.82) is 0 Å². The lowest BCUT2D eigenvalue weighted by molar-refractivity contribution is -0.0684. The van der Waals surface area contributed by atoms with Gasteiger partial charge in [0.15, 0.2) is 0 Å². The highest BCUT2D eigenvalue weighted by molar-refractivity contribution is 5.79. The fourth-order valence-corrected chi connectivity index (χ4v) is 3.77. The van der Waals surface area contributed by atoms with Crippen LogP contribution in [-0.4, -0.2) is 43.7 Å². The Labute approximate surface area is 173 Å². The SMILES string of the molecule is COCCC(C)(O)C(C)(C)CNC(=O)OCC1c2ccccc2-c2ccccc21. The minimum atomic E-state index is -0.973. The number of methoxy groups -OCH3 is 1. The van der Waals surface area contributed by atoms with E-state index < -0.39 is 17.1 Å². The van der Waals surface area contributed by atoms with Crippen LogP contribution < -0.4 is 5.32 Å². The van der Waals surface area contributed by atoms with E-state index in [1.807, 2.05) is 38.1 Å². The molecule has 0 fully saturated rings. The number of alkyl carbamates (subject to hydrolysis) is 1. The molecule has 2 aromatic carbocycles. The number of carbonyl (C=O) groups is 1. The highest BCUT2D eigenvalue weighted by Gasteiger charge is 2.39. The molecule has 0 aromatic heterocycles. The van der Waals surface area contributed by atoms with Crippen LogP contribution in [0.5, 0.6) is 0 Å². The summed E-state index contributed by atoms with van der Waals surface area (Å²) in [5.41, 5.74) is 3.27. The standard InChI is InChI=1S/C24H31NO4/c1-23(2,24(3,27)13-14-28-4)16-25-22(26)29-15-21-19-11-7-5-9-17(19)18-10-6-8-12-20(18)21/h5-12,21,27H,13-16H2,1-4H3,(H,25,26). The van der Waals surface area contributed by atoms with Gasteiger partial charge in [0.1, 0.15) is 6.61 Å². The number of amides is 1. The zero-order valence-corrected chi connectivity index (χ0v) is 17.7. The fraction of sp³-hybridized carbons (Fsp3) is 0.458. The Hall–Kier alpha value is -2.37. The third kappa shape index (κ3) is 4.46. The van der Waals surface area contributed by atoms with E-state index in [4.69, 9.17) is 9.47 Å². The lowest BCUT2D eigenvalue weighted by atomic mass is 9.74. The molecule has 1 unspecified atom stereocenters. The van der Waals surface area contributed by atoms with Crippen molar-refractivity contribution < 1.29 is 19.4 Å². The van der Waals surface area contributed by atoms with Gasteiger partial charge in [0, 0.05) is 31.6 Å². The second-order valence-electron chi connectivity index (χ2n) is 8.58. The smallest absolute Gasteiger partial charge is 0.407 e. The molecule has 2 aromatic rings. The van der Waals surface area contributed by atoms with Gasteiger partial charge in [-0.1, -0.05) is 62.4 Å². The second kappa shape index (κ2) is 8.56. The minimum Gasteiger partial charge on any atom is -0.449 e.